The van der Waals surface area contributed by atoms with E-state index in [2.05, 4.69) is 15.6 Å². The molecule has 0 radical (unpaired) electrons. The minimum Gasteiger partial charge on any atom is -1.00 e. The molecule has 0 spiro atoms. The minimum atomic E-state index is 0. The molecule has 4 heteroatoms. The van der Waals surface area contributed by atoms with Crippen LogP contribution in [0.5, 0.6) is 0 Å². The summed E-state index contributed by atoms with van der Waals surface area (Å²) >= 11 is 0. The summed E-state index contributed by atoms with van der Waals surface area (Å²) < 4.78 is 0. The third kappa shape index (κ3) is 3.46. The second-order valence-corrected chi connectivity index (χ2v) is 4.09. The lowest BCUT2D eigenvalue weighted by Gasteiger charge is -2.23. The van der Waals surface area contributed by atoms with Gasteiger partial charge in [0.1, 0.15) is 0 Å². The fraction of sp³-hybridized carbons (Fsp3) is 0.900. The number of rotatable bonds is 1. The Bertz CT molecular complexity index is 188. The first-order chi connectivity index (χ1) is 6.45. The van der Waals surface area contributed by atoms with Crippen LogP contribution in [-0.4, -0.2) is 25.1 Å². The predicted molar refractivity (Wildman–Crippen MR) is 53.7 cm³/mol. The summed E-state index contributed by atoms with van der Waals surface area (Å²) in [6, 6.07) is 0.710. The number of nitrogens with zero attached hydrogens (tertiary/aromatic N) is 1. The monoisotopic (exact) mass is 217 g/mol. The Morgan fingerprint density at radius 2 is 1.93 bits per heavy atom. The van der Waals surface area contributed by atoms with Crippen molar-refractivity contribution in [2.75, 3.05) is 13.1 Å². The van der Waals surface area contributed by atoms with Gasteiger partial charge in [0.2, 0.25) is 0 Å². The molecule has 82 valence electrons. The number of aliphatic imine (C=N–C) groups is 1. The molecule has 2 aliphatic rings. The van der Waals surface area contributed by atoms with Crippen molar-refractivity contribution in [3.05, 3.63) is 0 Å². The summed E-state index contributed by atoms with van der Waals surface area (Å²) in [5.74, 6) is 1.16. The van der Waals surface area contributed by atoms with Gasteiger partial charge in [0.25, 0.3) is 5.96 Å². The first-order valence-electron chi connectivity index (χ1n) is 5.59. The summed E-state index contributed by atoms with van der Waals surface area (Å²) in [5, 5.41) is 5.80. The number of hydrogen-bond donors (Lipinski definition) is 2. The Kier molecular flexibility index (Phi) is 5.26. The van der Waals surface area contributed by atoms with Crippen molar-refractivity contribution in [1.82, 2.24) is 5.32 Å². The lowest BCUT2D eigenvalue weighted by molar-refractivity contribution is -0.547. The van der Waals surface area contributed by atoms with E-state index >= 15 is 0 Å². The quantitative estimate of drug-likeness (QED) is 0.491. The maximum atomic E-state index is 4.47. The van der Waals surface area contributed by atoms with Gasteiger partial charge in [0.05, 0.1) is 13.1 Å². The summed E-state index contributed by atoms with van der Waals surface area (Å²) in [5.41, 5.74) is 0. The number of halogens is 1. The van der Waals surface area contributed by atoms with Gasteiger partial charge in [0, 0.05) is 12.5 Å². The molecule has 14 heavy (non-hydrogen) atoms. The zero-order chi connectivity index (χ0) is 8.93. The van der Waals surface area contributed by atoms with E-state index < -0.39 is 0 Å². The molecule has 2 rings (SSSR count). The SMILES string of the molecule is C1CCC(NC2=NCCC[NH2+]2)CC1.[Cl-]. The molecule has 3 nitrogen and oxygen atoms in total. The van der Waals surface area contributed by atoms with E-state index in [-0.39, 0.29) is 12.4 Å². The van der Waals surface area contributed by atoms with Crippen molar-refractivity contribution < 1.29 is 17.7 Å². The standard InChI is InChI=1S/C10H19N3.ClH/c1-2-5-9(6-3-1)13-10-11-7-4-8-12-10;/h9H,1-8H2,(H2,11,12,13);1H. The van der Waals surface area contributed by atoms with E-state index in [0.717, 1.165) is 12.5 Å². The van der Waals surface area contributed by atoms with E-state index in [1.807, 2.05) is 0 Å². The number of nitrogens with two attached hydrogens (primary N) is 1. The van der Waals surface area contributed by atoms with Gasteiger partial charge in [-0.05, 0) is 12.8 Å². The van der Waals surface area contributed by atoms with E-state index in [1.54, 1.807) is 0 Å². The predicted octanol–water partition coefficient (Wildman–Crippen LogP) is -2.76. The minimum absolute atomic E-state index is 0. The van der Waals surface area contributed by atoms with Crippen molar-refractivity contribution in [2.24, 2.45) is 4.99 Å². The molecule has 0 unspecified atom stereocenters. The molecule has 1 heterocycles. The van der Waals surface area contributed by atoms with Crippen LogP contribution in [0.1, 0.15) is 38.5 Å². The molecule has 0 amide bonds. The molecule has 1 aliphatic heterocycles. The van der Waals surface area contributed by atoms with E-state index in [0.29, 0.717) is 6.04 Å². The molecule has 1 aliphatic carbocycles. The largest absolute Gasteiger partial charge is 1.00 e. The fourth-order valence-corrected chi connectivity index (χ4v) is 2.15. The number of guanidine groups is 1. The van der Waals surface area contributed by atoms with Crippen LogP contribution in [-0.2, 0) is 0 Å². The Morgan fingerprint density at radius 3 is 2.57 bits per heavy atom. The molecule has 0 aromatic carbocycles. The second kappa shape index (κ2) is 6.25. The molecule has 3 N–H and O–H groups in total. The molecular formula is C10H20ClN3. The van der Waals surface area contributed by atoms with Gasteiger partial charge in [-0.25, -0.2) is 4.99 Å². The van der Waals surface area contributed by atoms with Gasteiger partial charge in [-0.2, -0.15) is 0 Å². The lowest BCUT2D eigenvalue weighted by atomic mass is 9.96. The lowest BCUT2D eigenvalue weighted by Crippen LogP contribution is -3.00. The van der Waals surface area contributed by atoms with Crippen molar-refractivity contribution in [3.63, 3.8) is 0 Å². The number of nitrogens with one attached hydrogen (secondary N) is 1. The Hall–Kier alpha value is -0.280. The third-order valence-corrected chi connectivity index (χ3v) is 2.94. The Labute approximate surface area is 92.2 Å². The molecule has 0 saturated heterocycles. The van der Waals surface area contributed by atoms with Gasteiger partial charge in [-0.1, -0.05) is 19.3 Å². The fourth-order valence-electron chi connectivity index (χ4n) is 2.15. The summed E-state index contributed by atoms with van der Waals surface area (Å²) in [4.78, 5) is 4.47. The van der Waals surface area contributed by atoms with Gasteiger partial charge < -0.3 is 17.7 Å². The zero-order valence-electron chi connectivity index (χ0n) is 8.64. The van der Waals surface area contributed by atoms with Gasteiger partial charge in [-0.3, -0.25) is 5.32 Å². The van der Waals surface area contributed by atoms with Crippen LogP contribution in [0, 0.1) is 0 Å². The van der Waals surface area contributed by atoms with Crippen molar-refractivity contribution in [2.45, 2.75) is 44.6 Å². The van der Waals surface area contributed by atoms with Crippen LogP contribution in [0.15, 0.2) is 4.99 Å². The summed E-state index contributed by atoms with van der Waals surface area (Å²) in [6.07, 6.45) is 8.12. The van der Waals surface area contributed by atoms with Gasteiger partial charge in [0.15, 0.2) is 0 Å². The van der Waals surface area contributed by atoms with Crippen LogP contribution in [0.25, 0.3) is 0 Å². The first kappa shape index (κ1) is 11.8. The summed E-state index contributed by atoms with van der Waals surface area (Å²) in [7, 11) is 0. The van der Waals surface area contributed by atoms with E-state index in [1.165, 1.54) is 45.1 Å². The molecular weight excluding hydrogens is 198 g/mol. The van der Waals surface area contributed by atoms with Crippen molar-refractivity contribution in [3.8, 4) is 0 Å². The van der Waals surface area contributed by atoms with Crippen LogP contribution < -0.4 is 23.0 Å². The van der Waals surface area contributed by atoms with Crippen molar-refractivity contribution >= 4 is 5.96 Å². The third-order valence-electron chi connectivity index (χ3n) is 2.94. The maximum Gasteiger partial charge on any atom is 0.294 e. The molecule has 0 atom stereocenters. The highest BCUT2D eigenvalue weighted by Gasteiger charge is 2.17. The highest BCUT2D eigenvalue weighted by atomic mass is 35.5. The molecule has 0 aromatic rings. The highest BCUT2D eigenvalue weighted by molar-refractivity contribution is 5.70. The van der Waals surface area contributed by atoms with Crippen molar-refractivity contribution in [1.29, 1.82) is 0 Å². The maximum absolute atomic E-state index is 4.47. The van der Waals surface area contributed by atoms with E-state index in [9.17, 15) is 0 Å². The number of quaternary nitrogens is 1. The zero-order valence-corrected chi connectivity index (χ0v) is 9.39. The van der Waals surface area contributed by atoms with Crippen LogP contribution >= 0.6 is 0 Å². The molecule has 1 saturated carbocycles. The average Bonchev–Trinajstić information content (AvgIpc) is 2.21. The Morgan fingerprint density at radius 1 is 1.14 bits per heavy atom. The smallest absolute Gasteiger partial charge is 0.294 e. The summed E-state index contributed by atoms with van der Waals surface area (Å²) in [6.45, 7) is 2.23. The average molecular weight is 218 g/mol. The highest BCUT2D eigenvalue weighted by Crippen LogP contribution is 2.16. The Balaban J connectivity index is 0.000000980. The molecule has 1 fully saturated rings. The van der Waals surface area contributed by atoms with Crippen LogP contribution in [0.4, 0.5) is 0 Å². The number of hydrogen-bond acceptors (Lipinski definition) is 2. The topological polar surface area (TPSA) is 41.0 Å². The van der Waals surface area contributed by atoms with Crippen LogP contribution in [0.2, 0.25) is 0 Å². The normalized spacial score (nSPS) is 23.6. The van der Waals surface area contributed by atoms with Gasteiger partial charge in [-0.15, -0.1) is 0 Å². The van der Waals surface area contributed by atoms with E-state index in [4.69, 9.17) is 0 Å². The van der Waals surface area contributed by atoms with Crippen LogP contribution in [0.3, 0.4) is 0 Å². The van der Waals surface area contributed by atoms with Gasteiger partial charge >= 0.3 is 0 Å². The molecule has 0 bridgehead atoms. The molecule has 0 aromatic heterocycles. The second-order valence-electron chi connectivity index (χ2n) is 4.09. The first-order valence-corrected chi connectivity index (χ1v) is 5.59.